The number of hydrogen-bond donors (Lipinski definition) is 1. The summed E-state index contributed by atoms with van der Waals surface area (Å²) in [4.78, 5) is 27.1. The first-order chi connectivity index (χ1) is 2.56. The molecule has 0 atom stereocenters. The van der Waals surface area contributed by atoms with Gasteiger partial charge in [0.25, 0.3) is 0 Å². The second-order valence-electron chi connectivity index (χ2n) is 0.591. The summed E-state index contributed by atoms with van der Waals surface area (Å²) in [6, 6.07) is 0. The van der Waals surface area contributed by atoms with Gasteiger partial charge >= 0.3 is 17.4 Å². The van der Waals surface area contributed by atoms with Gasteiger partial charge in [0.15, 0.2) is 0 Å². The molecule has 0 radical (unpaired) electrons. The first-order valence-corrected chi connectivity index (χ1v) is 2.63. The van der Waals surface area contributed by atoms with Crippen LogP contribution >= 0.6 is 0 Å². The van der Waals surface area contributed by atoms with Crippen LogP contribution in [0.25, 0.3) is 0 Å². The van der Waals surface area contributed by atoms with Crippen LogP contribution in [0.3, 0.4) is 0 Å². The third kappa shape index (κ3) is 10.8. The van der Waals surface area contributed by atoms with Gasteiger partial charge in [0.05, 0.1) is 0 Å². The summed E-state index contributed by atoms with van der Waals surface area (Å²) in [7, 11) is -5.33. The molecule has 7 heavy (non-hydrogen) atoms. The molecular weight excluding hydrogens is 135 g/mol. The van der Waals surface area contributed by atoms with E-state index < -0.39 is 9.05 Å². The molecule has 5 nitrogen and oxygen atoms in total. The fraction of sp³-hybridized carbons (Fsp3) is 0. The smallest absolute Gasteiger partial charge is 0.859 e. The van der Waals surface area contributed by atoms with E-state index in [0.29, 0.717) is 0 Å². The molecule has 0 heterocycles. The largest absolute Gasteiger partial charge is 3.00 e. The van der Waals surface area contributed by atoms with Gasteiger partial charge in [0.2, 0.25) is 0 Å². The van der Waals surface area contributed by atoms with Crippen molar-refractivity contribution in [3.63, 3.8) is 0 Å². The molecule has 7 heteroatoms. The minimum Gasteiger partial charge on any atom is -0.859 e. The molecule has 0 amide bonds. The van der Waals surface area contributed by atoms with Gasteiger partial charge in [0.1, 0.15) is 0 Å². The van der Waals surface area contributed by atoms with E-state index in [1.165, 1.54) is 0 Å². The molecular formula is HAlO5Si. The van der Waals surface area contributed by atoms with Gasteiger partial charge in [-0.15, -0.1) is 0 Å². The second kappa shape index (κ2) is 3.54. The van der Waals surface area contributed by atoms with E-state index in [0.717, 1.165) is 0 Å². The summed E-state index contributed by atoms with van der Waals surface area (Å²) in [5.74, 6) is 0. The van der Waals surface area contributed by atoms with Crippen LogP contribution < -0.4 is 14.4 Å². The third-order valence-corrected chi connectivity index (χ3v) is 0.335. The van der Waals surface area contributed by atoms with Crippen LogP contribution in [0.15, 0.2) is 0 Å². The minimum absolute atomic E-state index is 0. The van der Waals surface area contributed by atoms with Crippen LogP contribution in [-0.2, 0) is 4.58 Å². The maximum atomic E-state index is 9.03. The van der Waals surface area contributed by atoms with E-state index in [9.17, 15) is 0 Å². The summed E-state index contributed by atoms with van der Waals surface area (Å²) in [5, 5.41) is 7.03. The van der Waals surface area contributed by atoms with E-state index in [2.05, 4.69) is 4.58 Å². The van der Waals surface area contributed by atoms with Gasteiger partial charge < -0.3 is 19.0 Å². The minimum atomic E-state index is -5.33. The van der Waals surface area contributed by atoms with Gasteiger partial charge in [-0.2, -0.15) is 0 Å². The topological polar surface area (TPSA) is 98.6 Å². The van der Waals surface area contributed by atoms with Crippen molar-refractivity contribution in [3.05, 3.63) is 0 Å². The molecule has 1 N–H and O–H groups in total. The van der Waals surface area contributed by atoms with Crippen molar-refractivity contribution in [1.29, 1.82) is 0 Å². The summed E-state index contributed by atoms with van der Waals surface area (Å²) < 4.78 is 2.41. The van der Waals surface area contributed by atoms with Crippen LogP contribution in [0, 0.1) is 0 Å². The fourth-order valence-corrected chi connectivity index (χ4v) is 0. The van der Waals surface area contributed by atoms with Gasteiger partial charge in [-0.3, -0.25) is 5.26 Å². The van der Waals surface area contributed by atoms with Crippen LogP contribution in [0.4, 0.5) is 0 Å². The molecule has 0 aliphatic carbocycles. The molecule has 0 aliphatic heterocycles. The molecule has 0 unspecified atom stereocenters. The average molecular weight is 136 g/mol. The number of hydrogen-bond acceptors (Lipinski definition) is 5. The molecule has 0 saturated carbocycles. The van der Waals surface area contributed by atoms with Crippen LogP contribution in [0.5, 0.6) is 0 Å². The van der Waals surface area contributed by atoms with Crippen molar-refractivity contribution in [2.24, 2.45) is 0 Å². The monoisotopic (exact) mass is 136 g/mol. The third-order valence-electron chi connectivity index (χ3n) is 0.112. The predicted molar refractivity (Wildman–Crippen MR) is 15.2 cm³/mol. The second-order valence-corrected chi connectivity index (χ2v) is 1.77. The maximum absolute atomic E-state index is 9.03. The quantitative estimate of drug-likeness (QED) is 0.223. The van der Waals surface area contributed by atoms with E-state index >= 15 is 0 Å². The maximum Gasteiger partial charge on any atom is 3.00 e. The number of rotatable bonds is 1. The molecule has 0 fully saturated rings. The molecule has 0 aromatic heterocycles. The molecule has 0 bridgehead atoms. The van der Waals surface area contributed by atoms with Crippen LogP contribution in [0.2, 0.25) is 0 Å². The normalized spacial score (nSPS) is 10.3. The Hall–Kier alpha value is 0.549. The molecule has 0 aromatic carbocycles. The molecule has 38 valence electrons. The molecule has 0 saturated heterocycles. The van der Waals surface area contributed by atoms with Crippen molar-refractivity contribution < 1.29 is 24.2 Å². The Balaban J connectivity index is 0. The Kier molecular flexibility index (Phi) is 5.32. The summed E-state index contributed by atoms with van der Waals surface area (Å²) in [6.45, 7) is 0. The Morgan fingerprint density at radius 2 is 1.43 bits per heavy atom. The van der Waals surface area contributed by atoms with Crippen LogP contribution in [0.1, 0.15) is 0 Å². The zero-order valence-electron chi connectivity index (χ0n) is 3.16. The van der Waals surface area contributed by atoms with E-state index in [4.69, 9.17) is 19.6 Å². The Bertz CT molecular complexity index is 37.8. The van der Waals surface area contributed by atoms with Crippen LogP contribution in [-0.4, -0.2) is 31.7 Å². The van der Waals surface area contributed by atoms with E-state index in [1.807, 2.05) is 0 Å². The summed E-state index contributed by atoms with van der Waals surface area (Å²) >= 11 is 0. The Labute approximate surface area is 51.3 Å². The molecule has 0 rings (SSSR count). The Morgan fingerprint density at radius 1 is 1.29 bits per heavy atom. The first kappa shape index (κ1) is 10.5. The van der Waals surface area contributed by atoms with E-state index in [1.54, 1.807) is 0 Å². The average Bonchev–Trinajstić information content (AvgIpc) is 1.35. The SMILES string of the molecule is [Al+3].[O-][Si]([O-])([O-])OO. The van der Waals surface area contributed by atoms with Gasteiger partial charge in [-0.05, 0) is 0 Å². The summed E-state index contributed by atoms with van der Waals surface area (Å²) in [5.41, 5.74) is 0. The molecule has 0 aliphatic rings. The van der Waals surface area contributed by atoms with Crippen molar-refractivity contribution in [2.75, 3.05) is 0 Å². The fourth-order valence-electron chi connectivity index (χ4n) is 0. The first-order valence-electron chi connectivity index (χ1n) is 0.999. The zero-order valence-corrected chi connectivity index (χ0v) is 5.31. The van der Waals surface area contributed by atoms with Crippen molar-refractivity contribution in [1.82, 2.24) is 0 Å². The van der Waals surface area contributed by atoms with Crippen molar-refractivity contribution in [3.8, 4) is 0 Å². The zero-order chi connectivity index (χ0) is 5.21. The molecule has 0 aromatic rings. The summed E-state index contributed by atoms with van der Waals surface area (Å²) in [6.07, 6.45) is 0. The van der Waals surface area contributed by atoms with Crippen molar-refractivity contribution in [2.45, 2.75) is 0 Å². The van der Waals surface area contributed by atoms with Gasteiger partial charge in [0, 0.05) is 0 Å². The van der Waals surface area contributed by atoms with Gasteiger partial charge in [-0.1, -0.05) is 9.05 Å². The predicted octanol–water partition coefficient (Wildman–Crippen LogP) is -4.39. The Morgan fingerprint density at radius 3 is 1.43 bits per heavy atom. The van der Waals surface area contributed by atoms with Gasteiger partial charge in [-0.25, -0.2) is 0 Å². The standard InChI is InChI=1S/Al.HO5Si/c;1-5-6(2,3)4/h;1H/q+3;-3. The van der Waals surface area contributed by atoms with Crippen molar-refractivity contribution >= 4 is 26.4 Å². The molecule has 0 spiro atoms. The van der Waals surface area contributed by atoms with E-state index in [-0.39, 0.29) is 17.4 Å².